The largest absolute Gasteiger partial charge is 0.376 e. The van der Waals surface area contributed by atoms with Crippen LogP contribution in [0.1, 0.15) is 34.5 Å². The van der Waals surface area contributed by atoms with Gasteiger partial charge < -0.3 is 15.0 Å². The Morgan fingerprint density at radius 1 is 1.28 bits per heavy atom. The zero-order valence-electron chi connectivity index (χ0n) is 14.3. The van der Waals surface area contributed by atoms with Crippen LogP contribution in [0.25, 0.3) is 0 Å². The first-order valence-electron chi connectivity index (χ1n) is 8.97. The Balaban J connectivity index is 1.43. The molecule has 1 fully saturated rings. The molecule has 1 atom stereocenters. The predicted molar refractivity (Wildman–Crippen MR) is 96.7 cm³/mol. The standard InChI is InChI=1S/C20H23N3O2/c24-20(22-13-18-6-3-11-25-18)19-12-17(7-9-21-19)23-10-8-15-4-1-2-5-16(15)14-23/h1-2,4-5,7,9,12,18H,3,6,8,10-11,13-14H2,(H,22,24). The van der Waals surface area contributed by atoms with Crippen LogP contribution in [0.5, 0.6) is 0 Å². The molecule has 2 aliphatic heterocycles. The topological polar surface area (TPSA) is 54.5 Å². The number of nitrogens with one attached hydrogen (secondary N) is 1. The molecule has 1 unspecified atom stereocenters. The first kappa shape index (κ1) is 16.1. The van der Waals surface area contributed by atoms with E-state index < -0.39 is 0 Å². The van der Waals surface area contributed by atoms with Gasteiger partial charge in [0.05, 0.1) is 6.10 Å². The highest BCUT2D eigenvalue weighted by atomic mass is 16.5. The summed E-state index contributed by atoms with van der Waals surface area (Å²) in [6, 6.07) is 12.4. The van der Waals surface area contributed by atoms with Crippen molar-refractivity contribution in [3.05, 3.63) is 59.4 Å². The van der Waals surface area contributed by atoms with Crippen molar-refractivity contribution in [2.45, 2.75) is 31.9 Å². The van der Waals surface area contributed by atoms with Gasteiger partial charge in [-0.3, -0.25) is 9.78 Å². The summed E-state index contributed by atoms with van der Waals surface area (Å²) in [5.41, 5.74) is 4.29. The molecule has 1 amide bonds. The van der Waals surface area contributed by atoms with Crippen molar-refractivity contribution in [3.63, 3.8) is 0 Å². The highest BCUT2D eigenvalue weighted by molar-refractivity contribution is 5.93. The minimum Gasteiger partial charge on any atom is -0.376 e. The maximum atomic E-state index is 12.4. The van der Waals surface area contributed by atoms with Crippen molar-refractivity contribution in [1.29, 1.82) is 0 Å². The van der Waals surface area contributed by atoms with Crippen LogP contribution in [0.3, 0.4) is 0 Å². The smallest absolute Gasteiger partial charge is 0.270 e. The molecular weight excluding hydrogens is 314 g/mol. The molecule has 0 aliphatic carbocycles. The number of fused-ring (bicyclic) bond motifs is 1. The molecule has 1 N–H and O–H groups in total. The van der Waals surface area contributed by atoms with Crippen LogP contribution in [0, 0.1) is 0 Å². The number of carbonyl (C=O) groups excluding carboxylic acids is 1. The first-order valence-corrected chi connectivity index (χ1v) is 8.97. The second-order valence-electron chi connectivity index (χ2n) is 6.68. The molecule has 130 valence electrons. The van der Waals surface area contributed by atoms with Crippen molar-refractivity contribution in [2.75, 3.05) is 24.6 Å². The van der Waals surface area contributed by atoms with E-state index in [4.69, 9.17) is 4.74 Å². The van der Waals surface area contributed by atoms with Crippen LogP contribution in [-0.4, -0.2) is 36.7 Å². The van der Waals surface area contributed by atoms with Crippen LogP contribution in [0.15, 0.2) is 42.6 Å². The molecule has 5 nitrogen and oxygen atoms in total. The fraction of sp³-hybridized carbons (Fsp3) is 0.400. The third-order valence-electron chi connectivity index (χ3n) is 4.99. The number of anilines is 1. The van der Waals surface area contributed by atoms with Gasteiger partial charge in [0, 0.05) is 38.1 Å². The fourth-order valence-electron chi connectivity index (χ4n) is 3.56. The lowest BCUT2D eigenvalue weighted by Crippen LogP contribution is -2.33. The Bertz CT molecular complexity index is 756. The minimum atomic E-state index is -0.130. The van der Waals surface area contributed by atoms with Gasteiger partial charge in [-0.2, -0.15) is 0 Å². The molecule has 0 saturated carbocycles. The summed E-state index contributed by atoms with van der Waals surface area (Å²) in [6.07, 6.45) is 4.98. The Morgan fingerprint density at radius 3 is 3.00 bits per heavy atom. The summed E-state index contributed by atoms with van der Waals surface area (Å²) in [6.45, 7) is 3.18. The molecule has 0 bridgehead atoms. The summed E-state index contributed by atoms with van der Waals surface area (Å²) in [4.78, 5) is 18.9. The van der Waals surface area contributed by atoms with Gasteiger partial charge in [-0.25, -0.2) is 0 Å². The van der Waals surface area contributed by atoms with E-state index in [0.29, 0.717) is 12.2 Å². The number of amides is 1. The van der Waals surface area contributed by atoms with Gasteiger partial charge in [-0.1, -0.05) is 24.3 Å². The van der Waals surface area contributed by atoms with E-state index in [1.807, 2.05) is 12.1 Å². The second-order valence-corrected chi connectivity index (χ2v) is 6.68. The molecule has 3 heterocycles. The van der Waals surface area contributed by atoms with Crippen molar-refractivity contribution < 1.29 is 9.53 Å². The highest BCUT2D eigenvalue weighted by Crippen LogP contribution is 2.24. The van der Waals surface area contributed by atoms with Crippen molar-refractivity contribution in [3.8, 4) is 0 Å². The lowest BCUT2D eigenvalue weighted by Gasteiger charge is -2.30. The third kappa shape index (κ3) is 3.66. The molecule has 5 heteroatoms. The first-order chi connectivity index (χ1) is 12.3. The second kappa shape index (κ2) is 7.23. The zero-order valence-corrected chi connectivity index (χ0v) is 14.3. The quantitative estimate of drug-likeness (QED) is 0.932. The summed E-state index contributed by atoms with van der Waals surface area (Å²) < 4.78 is 5.55. The van der Waals surface area contributed by atoms with E-state index in [1.165, 1.54) is 11.1 Å². The number of carbonyl (C=O) groups is 1. The van der Waals surface area contributed by atoms with Gasteiger partial charge in [-0.15, -0.1) is 0 Å². The fourth-order valence-corrected chi connectivity index (χ4v) is 3.56. The van der Waals surface area contributed by atoms with Gasteiger partial charge in [0.25, 0.3) is 5.91 Å². The van der Waals surface area contributed by atoms with Crippen molar-refractivity contribution >= 4 is 11.6 Å². The molecule has 2 aliphatic rings. The van der Waals surface area contributed by atoms with E-state index in [2.05, 4.69) is 39.5 Å². The predicted octanol–water partition coefficient (Wildman–Crippen LogP) is 2.55. The molecule has 0 radical (unpaired) electrons. The number of nitrogens with zero attached hydrogens (tertiary/aromatic N) is 2. The van der Waals surface area contributed by atoms with E-state index in [9.17, 15) is 4.79 Å². The molecule has 4 rings (SSSR count). The van der Waals surface area contributed by atoms with Gasteiger partial charge in [0.2, 0.25) is 0 Å². The van der Waals surface area contributed by atoms with Crippen LogP contribution >= 0.6 is 0 Å². The van der Waals surface area contributed by atoms with Crippen LogP contribution < -0.4 is 10.2 Å². The number of pyridine rings is 1. The van der Waals surface area contributed by atoms with Crippen molar-refractivity contribution in [1.82, 2.24) is 10.3 Å². The molecular formula is C20H23N3O2. The lowest BCUT2D eigenvalue weighted by molar-refractivity contribution is 0.0853. The molecule has 25 heavy (non-hydrogen) atoms. The Kier molecular flexibility index (Phi) is 4.65. The summed E-state index contributed by atoms with van der Waals surface area (Å²) in [7, 11) is 0. The molecule has 0 spiro atoms. The summed E-state index contributed by atoms with van der Waals surface area (Å²) >= 11 is 0. The van der Waals surface area contributed by atoms with E-state index in [0.717, 1.165) is 44.6 Å². The van der Waals surface area contributed by atoms with Crippen LogP contribution in [0.2, 0.25) is 0 Å². The van der Waals surface area contributed by atoms with E-state index >= 15 is 0 Å². The van der Waals surface area contributed by atoms with Gasteiger partial charge in [-0.05, 0) is 42.5 Å². The number of aromatic nitrogens is 1. The normalized spacial score (nSPS) is 19.5. The average molecular weight is 337 g/mol. The van der Waals surface area contributed by atoms with Gasteiger partial charge in [0.1, 0.15) is 5.69 Å². The Labute approximate surface area is 148 Å². The van der Waals surface area contributed by atoms with Gasteiger partial charge >= 0.3 is 0 Å². The van der Waals surface area contributed by atoms with Crippen LogP contribution in [0.4, 0.5) is 5.69 Å². The maximum Gasteiger partial charge on any atom is 0.270 e. The number of rotatable bonds is 4. The summed E-state index contributed by atoms with van der Waals surface area (Å²) in [5.74, 6) is -0.130. The number of hydrogen-bond donors (Lipinski definition) is 1. The van der Waals surface area contributed by atoms with E-state index in [1.54, 1.807) is 6.20 Å². The number of hydrogen-bond acceptors (Lipinski definition) is 4. The molecule has 2 aromatic rings. The monoisotopic (exact) mass is 337 g/mol. The molecule has 1 saturated heterocycles. The van der Waals surface area contributed by atoms with Crippen molar-refractivity contribution in [2.24, 2.45) is 0 Å². The average Bonchev–Trinajstić information content (AvgIpc) is 3.19. The third-order valence-corrected chi connectivity index (χ3v) is 4.99. The van der Waals surface area contributed by atoms with E-state index in [-0.39, 0.29) is 12.0 Å². The number of ether oxygens (including phenoxy) is 1. The highest BCUT2D eigenvalue weighted by Gasteiger charge is 2.19. The Morgan fingerprint density at radius 2 is 2.16 bits per heavy atom. The minimum absolute atomic E-state index is 0.130. The molecule has 1 aromatic carbocycles. The summed E-state index contributed by atoms with van der Waals surface area (Å²) in [5, 5.41) is 2.94. The molecule has 1 aromatic heterocycles. The number of benzene rings is 1. The maximum absolute atomic E-state index is 12.4. The van der Waals surface area contributed by atoms with Gasteiger partial charge in [0.15, 0.2) is 0 Å². The zero-order chi connectivity index (χ0) is 17.1. The SMILES string of the molecule is O=C(NCC1CCCO1)c1cc(N2CCc3ccccc3C2)ccn1. The van der Waals surface area contributed by atoms with Crippen LogP contribution in [-0.2, 0) is 17.7 Å². The Hall–Kier alpha value is -2.40. The lowest BCUT2D eigenvalue weighted by atomic mass is 9.99.